The quantitative estimate of drug-likeness (QED) is 0.893. The molecule has 1 aromatic carbocycles. The summed E-state index contributed by atoms with van der Waals surface area (Å²) < 4.78 is 38.2. The molecule has 1 heterocycles. The van der Waals surface area contributed by atoms with E-state index in [-0.39, 0.29) is 11.6 Å². The van der Waals surface area contributed by atoms with Crippen LogP contribution in [0, 0.1) is 0 Å². The van der Waals surface area contributed by atoms with Crippen molar-refractivity contribution in [2.75, 3.05) is 0 Å². The number of alkyl halides is 3. The van der Waals surface area contributed by atoms with Gasteiger partial charge in [-0.25, -0.2) is 0 Å². The molecule has 110 valence electrons. The van der Waals surface area contributed by atoms with Crippen LogP contribution in [0.15, 0.2) is 36.5 Å². The van der Waals surface area contributed by atoms with Crippen molar-refractivity contribution in [2.24, 2.45) is 5.73 Å². The monoisotopic (exact) mass is 294 g/mol. The highest BCUT2D eigenvalue weighted by atomic mass is 19.4. The molecule has 1 fully saturated rings. The van der Waals surface area contributed by atoms with E-state index in [4.69, 9.17) is 5.73 Å². The van der Waals surface area contributed by atoms with Crippen LogP contribution >= 0.6 is 0 Å². The number of aromatic nitrogens is 1. The number of nitrogens with zero attached hydrogens (tertiary/aromatic N) is 1. The van der Waals surface area contributed by atoms with Crippen LogP contribution in [0.5, 0.6) is 5.75 Å². The van der Waals surface area contributed by atoms with E-state index in [1.807, 2.05) is 6.07 Å². The Labute approximate surface area is 119 Å². The second kappa shape index (κ2) is 4.73. The Kier molecular flexibility index (Phi) is 3.13. The highest BCUT2D eigenvalue weighted by Crippen LogP contribution is 2.39. The molecule has 3 nitrogen and oxygen atoms in total. The Bertz CT molecular complexity index is 668. The Balaban J connectivity index is 1.94. The number of hydrogen-bond acceptors (Lipinski definition) is 3. The van der Waals surface area contributed by atoms with E-state index in [2.05, 4.69) is 4.98 Å². The third-order valence-electron chi connectivity index (χ3n) is 3.60. The molecule has 1 aliphatic carbocycles. The van der Waals surface area contributed by atoms with Gasteiger partial charge in [-0.2, -0.15) is 13.2 Å². The van der Waals surface area contributed by atoms with Crippen LogP contribution in [0.25, 0.3) is 11.3 Å². The summed E-state index contributed by atoms with van der Waals surface area (Å²) in [7, 11) is 0. The summed E-state index contributed by atoms with van der Waals surface area (Å²) in [6, 6.07) is 6.55. The Morgan fingerprint density at radius 3 is 2.43 bits per heavy atom. The van der Waals surface area contributed by atoms with Crippen molar-refractivity contribution in [2.45, 2.75) is 24.6 Å². The number of nitrogens with two attached hydrogens (primary N) is 1. The predicted molar refractivity (Wildman–Crippen MR) is 71.7 cm³/mol. The molecule has 0 spiro atoms. The van der Waals surface area contributed by atoms with E-state index < -0.39 is 17.5 Å². The molecule has 0 aliphatic heterocycles. The first-order chi connectivity index (χ1) is 9.84. The summed E-state index contributed by atoms with van der Waals surface area (Å²) >= 11 is 0. The van der Waals surface area contributed by atoms with Gasteiger partial charge in [-0.3, -0.25) is 4.98 Å². The maximum absolute atomic E-state index is 12.7. The highest BCUT2D eigenvalue weighted by Gasteiger charge is 2.35. The van der Waals surface area contributed by atoms with Crippen molar-refractivity contribution >= 4 is 0 Å². The molecule has 0 bridgehead atoms. The Morgan fingerprint density at radius 1 is 1.19 bits per heavy atom. The van der Waals surface area contributed by atoms with Gasteiger partial charge >= 0.3 is 6.18 Å². The van der Waals surface area contributed by atoms with E-state index in [9.17, 15) is 18.3 Å². The molecule has 3 rings (SSSR count). The molecule has 0 radical (unpaired) electrons. The Morgan fingerprint density at radius 2 is 1.90 bits per heavy atom. The largest absolute Gasteiger partial charge is 0.508 e. The molecule has 3 N–H and O–H groups in total. The number of phenols is 1. The lowest BCUT2D eigenvalue weighted by molar-refractivity contribution is -0.137. The third kappa shape index (κ3) is 2.85. The van der Waals surface area contributed by atoms with Gasteiger partial charge in [0.05, 0.1) is 11.3 Å². The first-order valence-corrected chi connectivity index (χ1v) is 6.48. The van der Waals surface area contributed by atoms with Gasteiger partial charge in [0, 0.05) is 23.7 Å². The molecule has 0 amide bonds. The van der Waals surface area contributed by atoms with Crippen molar-refractivity contribution in [1.29, 1.82) is 0 Å². The van der Waals surface area contributed by atoms with Crippen LogP contribution < -0.4 is 5.73 Å². The molecule has 6 heteroatoms. The van der Waals surface area contributed by atoms with Crippen LogP contribution in [0.3, 0.4) is 0 Å². The van der Waals surface area contributed by atoms with Crippen LogP contribution in [-0.4, -0.2) is 16.1 Å². The summed E-state index contributed by atoms with van der Waals surface area (Å²) in [5.74, 6) is -0.142. The van der Waals surface area contributed by atoms with Crippen LogP contribution in [0.1, 0.15) is 23.5 Å². The fraction of sp³-hybridized carbons (Fsp3) is 0.267. The van der Waals surface area contributed by atoms with Crippen LogP contribution in [0.4, 0.5) is 13.2 Å². The number of halogens is 3. The smallest absolute Gasteiger partial charge is 0.416 e. The van der Waals surface area contributed by atoms with Gasteiger partial charge in [0.25, 0.3) is 0 Å². The summed E-state index contributed by atoms with van der Waals surface area (Å²) in [4.78, 5) is 4.17. The van der Waals surface area contributed by atoms with Crippen LogP contribution in [0.2, 0.25) is 0 Å². The fourth-order valence-corrected chi connectivity index (χ4v) is 2.32. The van der Waals surface area contributed by atoms with Crippen molar-refractivity contribution in [1.82, 2.24) is 4.98 Å². The molecule has 1 saturated carbocycles. The Hall–Kier alpha value is -2.08. The van der Waals surface area contributed by atoms with Crippen LogP contribution in [-0.2, 0) is 6.18 Å². The molecule has 21 heavy (non-hydrogen) atoms. The molecule has 1 aliphatic rings. The molecule has 2 unspecified atom stereocenters. The van der Waals surface area contributed by atoms with Crippen molar-refractivity contribution < 1.29 is 18.3 Å². The lowest BCUT2D eigenvalue weighted by Crippen LogP contribution is -2.05. The zero-order chi connectivity index (χ0) is 15.2. The average Bonchev–Trinajstić information content (AvgIpc) is 3.14. The number of rotatable bonds is 2. The minimum Gasteiger partial charge on any atom is -0.508 e. The third-order valence-corrected chi connectivity index (χ3v) is 3.60. The number of phenolic OH excluding ortho intramolecular Hbond substituents is 1. The van der Waals surface area contributed by atoms with E-state index in [1.165, 1.54) is 6.07 Å². The highest BCUT2D eigenvalue weighted by molar-refractivity contribution is 5.63. The minimum atomic E-state index is -4.51. The lowest BCUT2D eigenvalue weighted by atomic mass is 10.1. The summed E-state index contributed by atoms with van der Waals surface area (Å²) in [6.07, 6.45) is -1.97. The molecule has 2 atom stereocenters. The fourth-order valence-electron chi connectivity index (χ4n) is 2.32. The standard InChI is InChI=1S/C15H13F3N2O/c16-15(17,18)10-3-9(4-11(21)5-10)14-2-1-8(7-20-14)12-6-13(12)19/h1-5,7,12-13,21H,6,19H2. The van der Waals surface area contributed by atoms with E-state index >= 15 is 0 Å². The topological polar surface area (TPSA) is 59.1 Å². The molecule has 1 aromatic heterocycles. The van der Waals surface area contributed by atoms with Gasteiger partial charge in [-0.15, -0.1) is 0 Å². The second-order valence-electron chi connectivity index (χ2n) is 5.25. The van der Waals surface area contributed by atoms with Gasteiger partial charge in [0.1, 0.15) is 5.75 Å². The lowest BCUT2D eigenvalue weighted by Gasteiger charge is -2.10. The zero-order valence-corrected chi connectivity index (χ0v) is 10.9. The molecule has 0 saturated heterocycles. The maximum Gasteiger partial charge on any atom is 0.416 e. The minimum absolute atomic E-state index is 0.148. The second-order valence-corrected chi connectivity index (χ2v) is 5.25. The maximum atomic E-state index is 12.7. The zero-order valence-electron chi connectivity index (χ0n) is 10.9. The van der Waals surface area contributed by atoms with Crippen molar-refractivity contribution in [3.05, 3.63) is 47.7 Å². The SMILES string of the molecule is NC1CC1c1ccc(-c2cc(O)cc(C(F)(F)F)c2)nc1. The number of pyridine rings is 1. The van der Waals surface area contributed by atoms with Gasteiger partial charge in [-0.05, 0) is 36.2 Å². The van der Waals surface area contributed by atoms with Crippen molar-refractivity contribution in [3.8, 4) is 17.0 Å². The van der Waals surface area contributed by atoms with E-state index in [0.29, 0.717) is 17.7 Å². The average molecular weight is 294 g/mol. The first-order valence-electron chi connectivity index (χ1n) is 6.48. The summed E-state index contributed by atoms with van der Waals surface area (Å²) in [6.45, 7) is 0. The van der Waals surface area contributed by atoms with Gasteiger partial charge in [0.2, 0.25) is 0 Å². The number of aromatic hydroxyl groups is 1. The summed E-state index contributed by atoms with van der Waals surface area (Å²) in [5.41, 5.74) is 6.46. The van der Waals surface area contributed by atoms with Gasteiger partial charge in [-0.1, -0.05) is 6.07 Å². The predicted octanol–water partition coefficient (Wildman–Crippen LogP) is 3.29. The first kappa shape index (κ1) is 13.9. The summed E-state index contributed by atoms with van der Waals surface area (Å²) in [5, 5.41) is 9.46. The van der Waals surface area contributed by atoms with Crippen molar-refractivity contribution in [3.63, 3.8) is 0 Å². The van der Waals surface area contributed by atoms with E-state index in [1.54, 1.807) is 12.3 Å². The number of benzene rings is 1. The van der Waals surface area contributed by atoms with Gasteiger partial charge in [0.15, 0.2) is 0 Å². The van der Waals surface area contributed by atoms with E-state index in [0.717, 1.165) is 18.1 Å². The normalized spacial score (nSPS) is 21.3. The number of hydrogen-bond donors (Lipinski definition) is 2. The van der Waals surface area contributed by atoms with Gasteiger partial charge < -0.3 is 10.8 Å². The molecular weight excluding hydrogens is 281 g/mol. The molecule has 2 aromatic rings. The molecular formula is C15H13F3N2O.